The van der Waals surface area contributed by atoms with Crippen LogP contribution >= 0.6 is 11.3 Å². The second-order valence-corrected chi connectivity index (χ2v) is 4.32. The topological polar surface area (TPSA) is 105 Å². The fourth-order valence-corrected chi connectivity index (χ4v) is 2.12. The summed E-state index contributed by atoms with van der Waals surface area (Å²) in [6.07, 6.45) is 0. The third kappa shape index (κ3) is 2.86. The normalized spacial score (nSPS) is 10.1. The first-order valence-electron chi connectivity index (χ1n) is 5.21. The van der Waals surface area contributed by atoms with Crippen molar-refractivity contribution in [2.75, 3.05) is 5.32 Å². The van der Waals surface area contributed by atoms with E-state index >= 15 is 0 Å². The van der Waals surface area contributed by atoms with Gasteiger partial charge < -0.3 is 10.4 Å². The number of thiazole rings is 1. The summed E-state index contributed by atoms with van der Waals surface area (Å²) in [5, 5.41) is 24.6. The van der Waals surface area contributed by atoms with Crippen LogP contribution in [0.15, 0.2) is 29.1 Å². The maximum atomic E-state index is 11.0. The quantitative estimate of drug-likeness (QED) is 0.643. The number of hydrogen-bond acceptors (Lipinski definition) is 6. The van der Waals surface area contributed by atoms with Crippen LogP contribution in [0.2, 0.25) is 0 Å². The molecule has 8 heteroatoms. The Morgan fingerprint density at radius 1 is 1.53 bits per heavy atom. The summed E-state index contributed by atoms with van der Waals surface area (Å²) in [7, 11) is 0. The molecule has 0 bridgehead atoms. The molecule has 1 aromatic carbocycles. The van der Waals surface area contributed by atoms with Crippen LogP contribution < -0.4 is 5.32 Å². The molecular formula is C11H9N3O4S. The zero-order valence-electron chi connectivity index (χ0n) is 9.57. The highest BCUT2D eigenvalue weighted by molar-refractivity contribution is 7.07. The van der Waals surface area contributed by atoms with E-state index in [2.05, 4.69) is 10.3 Å². The van der Waals surface area contributed by atoms with Crippen LogP contribution in [0.5, 0.6) is 0 Å². The summed E-state index contributed by atoms with van der Waals surface area (Å²) >= 11 is 1.41. The van der Waals surface area contributed by atoms with Gasteiger partial charge in [0.05, 0.1) is 22.7 Å². The van der Waals surface area contributed by atoms with Gasteiger partial charge in [0.1, 0.15) is 11.3 Å². The minimum Gasteiger partial charge on any atom is -0.477 e. The van der Waals surface area contributed by atoms with Gasteiger partial charge in [-0.05, 0) is 12.1 Å². The molecule has 19 heavy (non-hydrogen) atoms. The van der Waals surface area contributed by atoms with Crippen LogP contribution in [0.25, 0.3) is 0 Å². The first-order chi connectivity index (χ1) is 9.09. The number of rotatable bonds is 5. The highest BCUT2D eigenvalue weighted by atomic mass is 32.1. The van der Waals surface area contributed by atoms with Crippen LogP contribution in [-0.2, 0) is 6.54 Å². The molecule has 0 spiro atoms. The summed E-state index contributed by atoms with van der Waals surface area (Å²) in [6.45, 7) is 0.299. The van der Waals surface area contributed by atoms with Gasteiger partial charge in [-0.15, -0.1) is 11.3 Å². The molecule has 0 saturated heterocycles. The van der Waals surface area contributed by atoms with Gasteiger partial charge in [0, 0.05) is 5.38 Å². The molecule has 2 N–H and O–H groups in total. The second kappa shape index (κ2) is 5.44. The van der Waals surface area contributed by atoms with Crippen molar-refractivity contribution in [3.05, 3.63) is 50.5 Å². The van der Waals surface area contributed by atoms with Gasteiger partial charge in [-0.2, -0.15) is 0 Å². The Labute approximate surface area is 111 Å². The lowest BCUT2D eigenvalue weighted by atomic mass is 10.1. The monoisotopic (exact) mass is 279 g/mol. The van der Waals surface area contributed by atoms with Crippen molar-refractivity contribution in [1.29, 1.82) is 0 Å². The number of hydrogen-bond donors (Lipinski definition) is 2. The van der Waals surface area contributed by atoms with Crippen molar-refractivity contribution in [2.24, 2.45) is 0 Å². The molecule has 0 saturated carbocycles. The molecule has 1 heterocycles. The standard InChI is InChI=1S/C11H9N3O4S/c15-11(16)8-2-1-3-9(10(8)14(17)18)12-4-7-5-19-6-13-7/h1-3,5-6,12H,4H2,(H,15,16). The van der Waals surface area contributed by atoms with E-state index in [1.54, 1.807) is 10.9 Å². The molecule has 0 amide bonds. The Bertz CT molecular complexity index is 612. The van der Waals surface area contributed by atoms with E-state index in [4.69, 9.17) is 5.11 Å². The number of nitro groups is 1. The molecular weight excluding hydrogens is 270 g/mol. The minimum absolute atomic E-state index is 0.165. The van der Waals surface area contributed by atoms with Crippen molar-refractivity contribution >= 4 is 28.7 Å². The molecule has 2 rings (SSSR count). The van der Waals surface area contributed by atoms with Gasteiger partial charge in [0.25, 0.3) is 0 Å². The maximum absolute atomic E-state index is 11.0. The molecule has 0 unspecified atom stereocenters. The smallest absolute Gasteiger partial charge is 0.342 e. The lowest BCUT2D eigenvalue weighted by molar-refractivity contribution is -0.384. The zero-order valence-corrected chi connectivity index (χ0v) is 10.4. The Balaban J connectivity index is 2.31. The van der Waals surface area contributed by atoms with Crippen LogP contribution in [0.1, 0.15) is 16.1 Å². The second-order valence-electron chi connectivity index (χ2n) is 3.60. The van der Waals surface area contributed by atoms with Gasteiger partial charge in [0.2, 0.25) is 0 Å². The van der Waals surface area contributed by atoms with Gasteiger partial charge >= 0.3 is 11.7 Å². The Kier molecular flexibility index (Phi) is 3.71. The predicted molar refractivity (Wildman–Crippen MR) is 69.5 cm³/mol. The van der Waals surface area contributed by atoms with Crippen molar-refractivity contribution in [1.82, 2.24) is 4.98 Å². The van der Waals surface area contributed by atoms with E-state index in [1.165, 1.54) is 29.5 Å². The maximum Gasteiger partial charge on any atom is 0.342 e. The summed E-state index contributed by atoms with van der Waals surface area (Å²) in [6, 6.07) is 4.13. The van der Waals surface area contributed by atoms with Crippen LogP contribution in [0.3, 0.4) is 0 Å². The van der Waals surface area contributed by atoms with Crippen molar-refractivity contribution in [3.8, 4) is 0 Å². The molecule has 0 aliphatic heterocycles. The van der Waals surface area contributed by atoms with Crippen LogP contribution in [-0.4, -0.2) is 21.0 Å². The SMILES string of the molecule is O=C(O)c1cccc(NCc2cscn2)c1[N+](=O)[O-]. The molecule has 0 aliphatic rings. The fourth-order valence-electron chi connectivity index (χ4n) is 1.57. The lowest BCUT2D eigenvalue weighted by Gasteiger charge is -2.07. The number of aromatic carboxylic acids is 1. The number of carbonyl (C=O) groups is 1. The van der Waals surface area contributed by atoms with Crippen LogP contribution in [0.4, 0.5) is 11.4 Å². The molecule has 7 nitrogen and oxygen atoms in total. The molecule has 98 valence electrons. The number of carboxylic acids is 1. The first kappa shape index (κ1) is 13.0. The van der Waals surface area contributed by atoms with E-state index in [-0.39, 0.29) is 11.3 Å². The third-order valence-electron chi connectivity index (χ3n) is 2.39. The van der Waals surface area contributed by atoms with Crippen molar-refractivity contribution in [3.63, 3.8) is 0 Å². The Hall–Kier alpha value is -2.48. The van der Waals surface area contributed by atoms with Crippen molar-refractivity contribution < 1.29 is 14.8 Å². The largest absolute Gasteiger partial charge is 0.477 e. The van der Waals surface area contributed by atoms with E-state index in [9.17, 15) is 14.9 Å². The van der Waals surface area contributed by atoms with Gasteiger partial charge in [0.15, 0.2) is 0 Å². The first-order valence-corrected chi connectivity index (χ1v) is 6.15. The molecule has 0 aliphatic carbocycles. The van der Waals surface area contributed by atoms with Gasteiger partial charge in [-0.25, -0.2) is 9.78 Å². The van der Waals surface area contributed by atoms with E-state index in [1.807, 2.05) is 0 Å². The summed E-state index contributed by atoms with van der Waals surface area (Å²) < 4.78 is 0. The number of para-hydroxylation sites is 1. The summed E-state index contributed by atoms with van der Waals surface area (Å²) in [5.41, 5.74) is 1.77. The average Bonchev–Trinajstić information content (AvgIpc) is 2.88. The number of benzene rings is 1. The number of aromatic nitrogens is 1. The van der Waals surface area contributed by atoms with Crippen LogP contribution in [0, 0.1) is 10.1 Å². The molecule has 2 aromatic rings. The number of nitrogens with one attached hydrogen (secondary N) is 1. The number of carboxylic acid groups (broad SMARTS) is 1. The molecule has 0 atom stereocenters. The van der Waals surface area contributed by atoms with Gasteiger partial charge in [-0.1, -0.05) is 6.07 Å². The summed E-state index contributed by atoms with van der Waals surface area (Å²) in [5.74, 6) is -1.33. The number of anilines is 1. The highest BCUT2D eigenvalue weighted by Gasteiger charge is 2.23. The average molecular weight is 279 g/mol. The van der Waals surface area contributed by atoms with E-state index < -0.39 is 16.6 Å². The fraction of sp³-hybridized carbons (Fsp3) is 0.0909. The Morgan fingerprint density at radius 2 is 2.32 bits per heavy atom. The molecule has 1 aromatic heterocycles. The van der Waals surface area contributed by atoms with Crippen molar-refractivity contribution in [2.45, 2.75) is 6.54 Å². The number of nitrogens with zero attached hydrogens (tertiary/aromatic N) is 2. The zero-order chi connectivity index (χ0) is 13.8. The number of nitro benzene ring substituents is 1. The highest BCUT2D eigenvalue weighted by Crippen LogP contribution is 2.29. The molecule has 0 fully saturated rings. The lowest BCUT2D eigenvalue weighted by Crippen LogP contribution is -2.08. The third-order valence-corrected chi connectivity index (χ3v) is 3.03. The molecule has 0 radical (unpaired) electrons. The van der Waals surface area contributed by atoms with E-state index in [0.717, 1.165) is 5.69 Å². The minimum atomic E-state index is -1.33. The predicted octanol–water partition coefficient (Wildman–Crippen LogP) is 2.36. The van der Waals surface area contributed by atoms with E-state index in [0.29, 0.717) is 6.54 Å². The summed E-state index contributed by atoms with van der Waals surface area (Å²) in [4.78, 5) is 25.3. The Morgan fingerprint density at radius 3 is 2.89 bits per heavy atom. The van der Waals surface area contributed by atoms with Gasteiger partial charge in [-0.3, -0.25) is 10.1 Å².